The highest BCUT2D eigenvalue weighted by molar-refractivity contribution is 6.05. The quantitative estimate of drug-likeness (QED) is 0.412. The van der Waals surface area contributed by atoms with Gasteiger partial charge in [-0.05, 0) is 67.8 Å². The van der Waals surface area contributed by atoms with E-state index < -0.39 is 28.5 Å². The van der Waals surface area contributed by atoms with Crippen molar-refractivity contribution >= 4 is 11.8 Å². The number of ketones is 1. The van der Waals surface area contributed by atoms with Crippen molar-refractivity contribution in [2.75, 3.05) is 0 Å². The Bertz CT molecular complexity index is 769. The van der Waals surface area contributed by atoms with Gasteiger partial charge in [-0.2, -0.15) is 0 Å². The third-order valence-corrected chi connectivity index (χ3v) is 8.51. The lowest BCUT2D eigenvalue weighted by molar-refractivity contribution is -0.194. The van der Waals surface area contributed by atoms with Crippen molar-refractivity contribution < 1.29 is 30.0 Å². The van der Waals surface area contributed by atoms with E-state index in [2.05, 4.69) is 6.92 Å². The highest BCUT2D eigenvalue weighted by atomic mass is 16.4. The summed E-state index contributed by atoms with van der Waals surface area (Å²) in [5.41, 5.74) is -1.73. The number of hydrogen-bond donors (Lipinski definition) is 4. The summed E-state index contributed by atoms with van der Waals surface area (Å²) >= 11 is 0. The van der Waals surface area contributed by atoms with Crippen molar-refractivity contribution in [2.45, 2.75) is 64.1 Å². The fourth-order valence-corrected chi connectivity index (χ4v) is 7.14. The largest absolute Gasteiger partial charge is 0.515 e. The molecule has 0 aromatic carbocycles. The molecule has 0 aromatic heterocycles. The van der Waals surface area contributed by atoms with E-state index in [1.807, 2.05) is 6.92 Å². The van der Waals surface area contributed by atoms with Crippen LogP contribution in [0.2, 0.25) is 0 Å². The predicted molar refractivity (Wildman–Crippen MR) is 96.8 cm³/mol. The summed E-state index contributed by atoms with van der Waals surface area (Å²) in [5, 5.41) is 41.3. The molecule has 0 spiro atoms. The average molecular weight is 376 g/mol. The molecule has 6 nitrogen and oxygen atoms in total. The molecular formula is C21H28O6. The maximum Gasteiger partial charge on any atom is 0.336 e. The average Bonchev–Trinajstić information content (AvgIpc) is 2.87. The number of rotatable bonds is 1. The molecule has 0 heterocycles. The monoisotopic (exact) mass is 376 g/mol. The summed E-state index contributed by atoms with van der Waals surface area (Å²) in [7, 11) is 0. The van der Waals surface area contributed by atoms with Crippen LogP contribution in [0.15, 0.2) is 23.5 Å². The van der Waals surface area contributed by atoms with Gasteiger partial charge in [0.1, 0.15) is 0 Å². The lowest BCUT2D eigenvalue weighted by atomic mass is 9.45. The standard InChI is InChI=1S/C21H28O6/c1-19-8-11(10-22)15(23)7-12(19)3-4-13-14-5-6-21(27,18(25)26)20(14,2)9-16(24)17(13)19/h7,10,13-14,16-17,22,24,27H,3-6,8-9H2,1-2H3,(H,25,26)/b11-10-/t13-,14?,16-,17?,19-,20-,21-/m0/s1. The van der Waals surface area contributed by atoms with Crippen LogP contribution in [0.5, 0.6) is 0 Å². The van der Waals surface area contributed by atoms with Crippen LogP contribution in [0.1, 0.15) is 52.4 Å². The van der Waals surface area contributed by atoms with Crippen LogP contribution >= 0.6 is 0 Å². The second kappa shape index (κ2) is 5.67. The van der Waals surface area contributed by atoms with Gasteiger partial charge in [-0.3, -0.25) is 4.79 Å². The lowest BCUT2D eigenvalue weighted by Gasteiger charge is -2.60. The number of carboxylic acids is 1. The topological polar surface area (TPSA) is 115 Å². The number of carbonyl (C=O) groups is 2. The Morgan fingerprint density at radius 3 is 2.63 bits per heavy atom. The fourth-order valence-electron chi connectivity index (χ4n) is 7.14. The number of aliphatic hydroxyl groups is 3. The Kier molecular flexibility index (Phi) is 3.93. The van der Waals surface area contributed by atoms with Crippen LogP contribution in [-0.2, 0) is 9.59 Å². The molecule has 3 fully saturated rings. The SMILES string of the molecule is C[C@]12C/C(=C/O)C(=O)C=C1CC[C@@H]1C2[C@@H](O)C[C@@]2(C)C1CC[C@]2(O)C(=O)O. The van der Waals surface area contributed by atoms with E-state index in [0.717, 1.165) is 24.7 Å². The number of aliphatic hydroxyl groups excluding tert-OH is 2. The summed E-state index contributed by atoms with van der Waals surface area (Å²) in [5.74, 6) is -1.38. The molecule has 4 aliphatic rings. The molecule has 148 valence electrons. The van der Waals surface area contributed by atoms with E-state index in [0.29, 0.717) is 18.4 Å². The second-order valence-corrected chi connectivity index (χ2v) is 9.51. The van der Waals surface area contributed by atoms with Crippen LogP contribution in [-0.4, -0.2) is 43.9 Å². The Labute approximate surface area is 158 Å². The van der Waals surface area contributed by atoms with Gasteiger partial charge in [0.25, 0.3) is 0 Å². The second-order valence-electron chi connectivity index (χ2n) is 9.51. The summed E-state index contributed by atoms with van der Waals surface area (Å²) in [6, 6.07) is 0. The number of hydrogen-bond acceptors (Lipinski definition) is 5. The minimum atomic E-state index is -1.81. The first kappa shape index (κ1) is 18.7. The molecule has 4 aliphatic carbocycles. The molecule has 3 saturated carbocycles. The maximum absolute atomic E-state index is 12.2. The maximum atomic E-state index is 12.2. The van der Waals surface area contributed by atoms with Crippen LogP contribution in [0.25, 0.3) is 0 Å². The van der Waals surface area contributed by atoms with E-state index >= 15 is 0 Å². The number of allylic oxidation sites excluding steroid dienone is 2. The zero-order valence-corrected chi connectivity index (χ0v) is 15.8. The van der Waals surface area contributed by atoms with Crippen LogP contribution in [0.3, 0.4) is 0 Å². The molecule has 0 amide bonds. The van der Waals surface area contributed by atoms with Crippen molar-refractivity contribution in [3.05, 3.63) is 23.5 Å². The smallest absolute Gasteiger partial charge is 0.336 e. The van der Waals surface area contributed by atoms with Gasteiger partial charge in [0.2, 0.25) is 0 Å². The molecule has 4 N–H and O–H groups in total. The van der Waals surface area contributed by atoms with Crippen molar-refractivity contribution in [1.82, 2.24) is 0 Å². The molecule has 0 aliphatic heterocycles. The molecule has 7 atom stereocenters. The number of carbonyl (C=O) groups excluding carboxylic acids is 1. The predicted octanol–water partition coefficient (Wildman–Crippen LogP) is 2.36. The van der Waals surface area contributed by atoms with E-state index in [1.54, 1.807) is 6.08 Å². The first-order valence-electron chi connectivity index (χ1n) is 9.81. The number of carboxylic acid groups (broad SMARTS) is 1. The van der Waals surface area contributed by atoms with E-state index in [9.17, 15) is 30.0 Å². The summed E-state index contributed by atoms with van der Waals surface area (Å²) < 4.78 is 0. The van der Waals surface area contributed by atoms with Crippen LogP contribution in [0, 0.1) is 28.6 Å². The molecular weight excluding hydrogens is 348 g/mol. The molecule has 0 saturated heterocycles. The molecule has 2 unspecified atom stereocenters. The Hall–Kier alpha value is -1.66. The van der Waals surface area contributed by atoms with Gasteiger partial charge in [-0.25, -0.2) is 4.79 Å². The molecule has 6 heteroatoms. The highest BCUT2D eigenvalue weighted by Crippen LogP contribution is 2.67. The lowest BCUT2D eigenvalue weighted by Crippen LogP contribution is -2.61. The third-order valence-electron chi connectivity index (χ3n) is 8.51. The molecule has 0 radical (unpaired) electrons. The Morgan fingerprint density at radius 2 is 2.00 bits per heavy atom. The van der Waals surface area contributed by atoms with Crippen LogP contribution in [0.4, 0.5) is 0 Å². The van der Waals surface area contributed by atoms with Gasteiger partial charge >= 0.3 is 5.97 Å². The molecule has 4 rings (SSSR count). The Morgan fingerprint density at radius 1 is 1.30 bits per heavy atom. The summed E-state index contributed by atoms with van der Waals surface area (Å²) in [6.45, 7) is 3.87. The van der Waals surface area contributed by atoms with Gasteiger partial charge in [0, 0.05) is 11.0 Å². The van der Waals surface area contributed by atoms with Crippen LogP contribution < -0.4 is 0 Å². The van der Waals surface area contributed by atoms with E-state index in [4.69, 9.17) is 0 Å². The van der Waals surface area contributed by atoms with Crippen molar-refractivity contribution in [2.24, 2.45) is 28.6 Å². The molecule has 0 aromatic rings. The van der Waals surface area contributed by atoms with Crippen molar-refractivity contribution in [3.8, 4) is 0 Å². The first-order valence-corrected chi connectivity index (χ1v) is 9.81. The van der Waals surface area contributed by atoms with Gasteiger partial charge in [-0.15, -0.1) is 0 Å². The van der Waals surface area contributed by atoms with Crippen molar-refractivity contribution in [3.63, 3.8) is 0 Å². The van der Waals surface area contributed by atoms with Gasteiger partial charge in [-0.1, -0.05) is 19.4 Å². The molecule has 0 bridgehead atoms. The fraction of sp³-hybridized carbons (Fsp3) is 0.714. The van der Waals surface area contributed by atoms with E-state index in [-0.39, 0.29) is 36.4 Å². The molecule has 27 heavy (non-hydrogen) atoms. The van der Waals surface area contributed by atoms with E-state index in [1.165, 1.54) is 0 Å². The minimum absolute atomic E-state index is 0.0181. The number of aliphatic carboxylic acids is 1. The minimum Gasteiger partial charge on any atom is -0.515 e. The summed E-state index contributed by atoms with van der Waals surface area (Å²) in [6.07, 6.45) is 4.70. The highest BCUT2D eigenvalue weighted by Gasteiger charge is 2.68. The third kappa shape index (κ3) is 2.20. The van der Waals surface area contributed by atoms with Gasteiger partial charge in [0.05, 0.1) is 12.4 Å². The first-order chi connectivity index (χ1) is 12.6. The summed E-state index contributed by atoms with van der Waals surface area (Å²) in [4.78, 5) is 24.0. The Balaban J connectivity index is 1.77. The zero-order chi connectivity index (χ0) is 19.8. The number of fused-ring (bicyclic) bond motifs is 5. The van der Waals surface area contributed by atoms with Crippen molar-refractivity contribution in [1.29, 1.82) is 0 Å². The van der Waals surface area contributed by atoms with Gasteiger partial charge in [0.15, 0.2) is 11.4 Å². The van der Waals surface area contributed by atoms with Gasteiger partial charge < -0.3 is 20.4 Å². The normalized spacial score (nSPS) is 50.6. The zero-order valence-electron chi connectivity index (χ0n) is 15.8.